The number of amides is 5. The van der Waals surface area contributed by atoms with Crippen LogP contribution in [0, 0.1) is 5.92 Å². The van der Waals surface area contributed by atoms with E-state index >= 15 is 0 Å². The van der Waals surface area contributed by atoms with Gasteiger partial charge < -0.3 is 10.6 Å². The van der Waals surface area contributed by atoms with Crippen LogP contribution < -0.4 is 15.4 Å². The highest BCUT2D eigenvalue weighted by molar-refractivity contribution is 7.90. The van der Waals surface area contributed by atoms with Crippen LogP contribution in [-0.2, 0) is 16.4 Å². The van der Waals surface area contributed by atoms with Crippen LogP contribution in [0.1, 0.15) is 67.1 Å². The molecule has 1 aliphatic carbocycles. The number of hydrogen-bond donors (Lipinski definition) is 3. The van der Waals surface area contributed by atoms with Crippen molar-refractivity contribution in [3.05, 3.63) is 65.2 Å². The van der Waals surface area contributed by atoms with Gasteiger partial charge in [-0.05, 0) is 74.3 Å². The molecule has 0 radical (unpaired) electrons. The zero-order chi connectivity index (χ0) is 25.9. The lowest BCUT2D eigenvalue weighted by Crippen LogP contribution is -2.45. The van der Waals surface area contributed by atoms with E-state index in [-0.39, 0.29) is 29.4 Å². The Bertz CT molecular complexity index is 1240. The Hall–Kier alpha value is -3.40. The van der Waals surface area contributed by atoms with Crippen LogP contribution in [0.4, 0.5) is 9.59 Å². The second-order valence-electron chi connectivity index (χ2n) is 9.60. The highest BCUT2D eigenvalue weighted by Gasteiger charge is 2.37. The Labute approximate surface area is 211 Å². The molecule has 0 aromatic heterocycles. The fraction of sp³-hybridized carbons (Fsp3) is 0.423. The summed E-state index contributed by atoms with van der Waals surface area (Å²) < 4.78 is 27.3. The van der Waals surface area contributed by atoms with Crippen LogP contribution in [0.2, 0.25) is 0 Å². The number of sulfonamides is 1. The van der Waals surface area contributed by atoms with Crippen molar-refractivity contribution >= 4 is 28.0 Å². The predicted octanol–water partition coefficient (Wildman–Crippen LogP) is 3.72. The molecule has 1 saturated carbocycles. The molecule has 2 aromatic carbocycles. The summed E-state index contributed by atoms with van der Waals surface area (Å²) in [6, 6.07) is 11.8. The van der Waals surface area contributed by atoms with Crippen molar-refractivity contribution in [2.75, 3.05) is 6.54 Å². The maximum atomic E-state index is 12.6. The summed E-state index contributed by atoms with van der Waals surface area (Å²) in [5.41, 5.74) is 2.16. The Morgan fingerprint density at radius 2 is 1.64 bits per heavy atom. The fourth-order valence-corrected chi connectivity index (χ4v) is 5.72. The maximum absolute atomic E-state index is 12.6. The predicted molar refractivity (Wildman–Crippen MR) is 135 cm³/mol. The average molecular weight is 513 g/mol. The third-order valence-corrected chi connectivity index (χ3v) is 8.31. The third kappa shape index (κ3) is 5.70. The minimum atomic E-state index is -4.00. The highest BCUT2D eigenvalue weighted by atomic mass is 32.2. The second kappa shape index (κ2) is 10.7. The zero-order valence-corrected chi connectivity index (χ0v) is 21.3. The molecule has 1 aliphatic heterocycles. The first-order valence-electron chi connectivity index (χ1n) is 12.3. The fourth-order valence-electron chi connectivity index (χ4n) is 4.80. The minimum Gasteiger partial charge on any atom is -0.337 e. The van der Waals surface area contributed by atoms with Crippen molar-refractivity contribution in [1.82, 2.24) is 20.3 Å². The number of carbonyl (C=O) groups is 3. The van der Waals surface area contributed by atoms with E-state index in [1.165, 1.54) is 17.0 Å². The molecule has 5 amide bonds. The number of hydrogen-bond acceptors (Lipinski definition) is 5. The quantitative estimate of drug-likeness (QED) is 0.544. The van der Waals surface area contributed by atoms with Gasteiger partial charge in [0.15, 0.2) is 0 Å². The molecule has 1 atom stereocenters. The van der Waals surface area contributed by atoms with Crippen molar-refractivity contribution in [3.8, 4) is 0 Å². The molecule has 2 aromatic rings. The van der Waals surface area contributed by atoms with E-state index in [0.717, 1.165) is 36.8 Å². The molecule has 2 aliphatic rings. The van der Waals surface area contributed by atoms with Crippen molar-refractivity contribution in [2.24, 2.45) is 5.92 Å². The van der Waals surface area contributed by atoms with Gasteiger partial charge in [-0.1, -0.05) is 37.3 Å². The van der Waals surface area contributed by atoms with Crippen molar-refractivity contribution in [2.45, 2.75) is 62.9 Å². The van der Waals surface area contributed by atoms with Crippen molar-refractivity contribution < 1.29 is 22.8 Å². The van der Waals surface area contributed by atoms with Crippen LogP contribution in [-0.4, -0.2) is 43.9 Å². The molecular weight excluding hydrogens is 480 g/mol. The van der Waals surface area contributed by atoms with Crippen LogP contribution in [0.15, 0.2) is 53.4 Å². The number of carbonyl (C=O) groups excluding carboxylic acids is 3. The van der Waals surface area contributed by atoms with Crippen molar-refractivity contribution in [1.29, 1.82) is 0 Å². The smallest absolute Gasteiger partial charge is 0.328 e. The molecule has 1 heterocycles. The lowest BCUT2D eigenvalue weighted by atomic mass is 9.87. The van der Waals surface area contributed by atoms with Gasteiger partial charge in [0, 0.05) is 18.2 Å². The molecule has 1 fully saturated rings. The molecule has 9 nitrogen and oxygen atoms in total. The van der Waals surface area contributed by atoms with Crippen LogP contribution in [0.25, 0.3) is 0 Å². The van der Waals surface area contributed by atoms with Gasteiger partial charge in [-0.3, -0.25) is 9.69 Å². The number of imide groups is 1. The SMILES string of the molecule is CC1CCC(NC(=O)NS(=O)(=O)c2ccc(CCNC(=O)N3C(=O)c4ccccc4C3C)cc2)CC1. The molecule has 3 N–H and O–H groups in total. The lowest BCUT2D eigenvalue weighted by molar-refractivity contribution is 0.0790. The largest absolute Gasteiger partial charge is 0.337 e. The van der Waals surface area contributed by atoms with Gasteiger partial charge in [0.1, 0.15) is 0 Å². The number of rotatable bonds is 6. The van der Waals surface area contributed by atoms with E-state index in [1.807, 2.05) is 19.1 Å². The Balaban J connectivity index is 1.26. The number of urea groups is 2. The van der Waals surface area contributed by atoms with Gasteiger partial charge in [0.05, 0.1) is 10.9 Å². The monoisotopic (exact) mass is 512 g/mol. The van der Waals surface area contributed by atoms with Gasteiger partial charge in [-0.25, -0.2) is 22.7 Å². The Morgan fingerprint density at radius 3 is 2.31 bits per heavy atom. The third-order valence-electron chi connectivity index (χ3n) is 6.97. The lowest BCUT2D eigenvalue weighted by Gasteiger charge is -2.26. The highest BCUT2D eigenvalue weighted by Crippen LogP contribution is 2.32. The van der Waals surface area contributed by atoms with Crippen LogP contribution in [0.5, 0.6) is 0 Å². The standard InChI is InChI=1S/C26H32N4O5S/c1-17-7-11-20(12-8-17)28-25(32)29-36(34,35)21-13-9-19(10-14-21)15-16-27-26(33)30-18(2)22-5-3-4-6-23(22)24(30)31/h3-6,9-10,13-14,17-18,20H,7-8,11-12,15-16H2,1-2H3,(H,27,33)(H2,28,29,32). The van der Waals surface area contributed by atoms with Gasteiger partial charge in [0.2, 0.25) is 0 Å². The first-order valence-corrected chi connectivity index (χ1v) is 13.8. The molecule has 192 valence electrons. The summed E-state index contributed by atoms with van der Waals surface area (Å²) in [6.07, 6.45) is 4.17. The van der Waals surface area contributed by atoms with Gasteiger partial charge in [-0.15, -0.1) is 0 Å². The van der Waals surface area contributed by atoms with E-state index < -0.39 is 22.1 Å². The molecule has 4 rings (SSSR count). The minimum absolute atomic E-state index is 0.0120. The van der Waals surface area contributed by atoms with Gasteiger partial charge >= 0.3 is 12.1 Å². The normalized spacial score (nSPS) is 21.6. The topological polar surface area (TPSA) is 125 Å². The summed E-state index contributed by atoms with van der Waals surface area (Å²) in [4.78, 5) is 38.6. The van der Waals surface area contributed by atoms with E-state index in [0.29, 0.717) is 17.9 Å². The Morgan fingerprint density at radius 1 is 0.972 bits per heavy atom. The van der Waals surface area contributed by atoms with Crippen LogP contribution >= 0.6 is 0 Å². The number of benzene rings is 2. The second-order valence-corrected chi connectivity index (χ2v) is 11.3. The number of nitrogens with zero attached hydrogens (tertiary/aromatic N) is 1. The molecule has 0 bridgehead atoms. The van der Waals surface area contributed by atoms with E-state index in [4.69, 9.17) is 0 Å². The molecule has 1 unspecified atom stereocenters. The number of nitrogens with one attached hydrogen (secondary N) is 3. The first kappa shape index (κ1) is 25.7. The number of fused-ring (bicyclic) bond motifs is 1. The maximum Gasteiger partial charge on any atom is 0.328 e. The van der Waals surface area contributed by atoms with Gasteiger partial charge in [-0.2, -0.15) is 0 Å². The zero-order valence-electron chi connectivity index (χ0n) is 20.5. The van der Waals surface area contributed by atoms with E-state index in [9.17, 15) is 22.8 Å². The first-order chi connectivity index (χ1) is 17.2. The van der Waals surface area contributed by atoms with E-state index in [2.05, 4.69) is 22.3 Å². The summed E-state index contributed by atoms with van der Waals surface area (Å²) in [6.45, 7) is 4.26. The molecule has 0 spiro atoms. The molecular formula is C26H32N4O5S. The molecule has 0 saturated heterocycles. The Kier molecular flexibility index (Phi) is 7.63. The summed E-state index contributed by atoms with van der Waals surface area (Å²) >= 11 is 0. The summed E-state index contributed by atoms with van der Waals surface area (Å²) in [7, 11) is -4.00. The average Bonchev–Trinajstić information content (AvgIpc) is 3.10. The molecule has 36 heavy (non-hydrogen) atoms. The summed E-state index contributed by atoms with van der Waals surface area (Å²) in [5, 5.41) is 5.52. The molecule has 10 heteroatoms. The summed E-state index contributed by atoms with van der Waals surface area (Å²) in [5.74, 6) is 0.310. The van der Waals surface area contributed by atoms with Crippen LogP contribution in [0.3, 0.4) is 0 Å². The van der Waals surface area contributed by atoms with Crippen molar-refractivity contribution in [3.63, 3.8) is 0 Å². The van der Waals surface area contributed by atoms with Gasteiger partial charge in [0.25, 0.3) is 15.9 Å². The van der Waals surface area contributed by atoms with E-state index in [1.54, 1.807) is 24.3 Å².